The van der Waals surface area contributed by atoms with Crippen molar-refractivity contribution in [3.8, 4) is 5.75 Å². The van der Waals surface area contributed by atoms with Gasteiger partial charge in [-0.2, -0.15) is 0 Å². The van der Waals surface area contributed by atoms with Crippen molar-refractivity contribution in [1.29, 1.82) is 0 Å². The minimum Gasteiger partial charge on any atom is -0.497 e. The molecule has 1 aliphatic heterocycles. The van der Waals surface area contributed by atoms with Crippen LogP contribution in [0.1, 0.15) is 34.8 Å². The number of hydrogen-bond acceptors (Lipinski definition) is 4. The number of hydrogen-bond donors (Lipinski definition) is 0. The highest BCUT2D eigenvalue weighted by molar-refractivity contribution is 6.04. The van der Waals surface area contributed by atoms with Crippen LogP contribution >= 0.6 is 0 Å². The van der Waals surface area contributed by atoms with Crippen molar-refractivity contribution in [1.82, 2.24) is 0 Å². The normalized spacial score (nSPS) is 16.9. The number of nitrogens with zero attached hydrogens (tertiary/aromatic N) is 1. The molecule has 0 bridgehead atoms. The van der Waals surface area contributed by atoms with Gasteiger partial charge in [0, 0.05) is 17.7 Å². The summed E-state index contributed by atoms with van der Waals surface area (Å²) >= 11 is 0. The number of rotatable bonds is 7. The summed E-state index contributed by atoms with van der Waals surface area (Å²) in [5, 5.41) is 0. The van der Waals surface area contributed by atoms with Crippen molar-refractivity contribution >= 4 is 24.2 Å². The van der Waals surface area contributed by atoms with Crippen molar-refractivity contribution < 1.29 is 27.9 Å². The van der Waals surface area contributed by atoms with E-state index in [1.807, 2.05) is 31.1 Å². The summed E-state index contributed by atoms with van der Waals surface area (Å²) in [4.78, 5) is 35.1. The first kappa shape index (κ1) is 23.8. The number of amides is 1. The molecular formula is C26H23F2NO4. The summed E-state index contributed by atoms with van der Waals surface area (Å²) in [5.41, 5.74) is 1.93. The molecule has 7 heteroatoms. The molecule has 0 radical (unpaired) electrons. The SMILES string of the molecule is C=O.COc1ccc(C2[C@@H](CCC(=O)c3ccc(F)cc3)C(=O)N2c2ccc(F)cc2)cc1. The summed E-state index contributed by atoms with van der Waals surface area (Å²) in [6.07, 6.45) is 0.537. The number of ether oxygens (including phenoxy) is 1. The Balaban J connectivity index is 0.00000149. The number of benzene rings is 3. The largest absolute Gasteiger partial charge is 0.497 e. The van der Waals surface area contributed by atoms with E-state index in [2.05, 4.69) is 0 Å². The summed E-state index contributed by atoms with van der Waals surface area (Å²) in [6, 6.07) is 18.3. The summed E-state index contributed by atoms with van der Waals surface area (Å²) in [7, 11) is 1.58. The van der Waals surface area contributed by atoms with E-state index in [0.717, 1.165) is 5.56 Å². The van der Waals surface area contributed by atoms with Crippen LogP contribution < -0.4 is 9.64 Å². The van der Waals surface area contributed by atoms with Crippen LogP contribution in [0.2, 0.25) is 0 Å². The monoisotopic (exact) mass is 451 g/mol. The molecule has 1 fully saturated rings. The molecule has 2 atom stereocenters. The molecule has 0 aliphatic carbocycles. The highest BCUT2D eigenvalue weighted by atomic mass is 19.1. The Kier molecular flexibility index (Phi) is 7.66. The molecule has 1 heterocycles. The molecule has 0 spiro atoms. The Morgan fingerprint density at radius 1 is 0.909 bits per heavy atom. The van der Waals surface area contributed by atoms with E-state index in [-0.39, 0.29) is 35.9 Å². The number of methoxy groups -OCH3 is 1. The molecule has 0 aromatic heterocycles. The fourth-order valence-corrected chi connectivity index (χ4v) is 3.97. The predicted molar refractivity (Wildman–Crippen MR) is 120 cm³/mol. The van der Waals surface area contributed by atoms with Gasteiger partial charge < -0.3 is 14.4 Å². The lowest BCUT2D eigenvalue weighted by Crippen LogP contribution is -2.55. The molecule has 4 rings (SSSR count). The van der Waals surface area contributed by atoms with E-state index in [1.54, 1.807) is 24.1 Å². The van der Waals surface area contributed by atoms with Gasteiger partial charge in [-0.1, -0.05) is 12.1 Å². The highest BCUT2D eigenvalue weighted by Crippen LogP contribution is 2.46. The zero-order valence-electron chi connectivity index (χ0n) is 18.0. The van der Waals surface area contributed by atoms with E-state index in [9.17, 15) is 18.4 Å². The van der Waals surface area contributed by atoms with Crippen molar-refractivity contribution in [3.05, 3.63) is 95.6 Å². The van der Waals surface area contributed by atoms with Crippen LogP contribution in [0.15, 0.2) is 72.8 Å². The fourth-order valence-electron chi connectivity index (χ4n) is 3.97. The van der Waals surface area contributed by atoms with Gasteiger partial charge >= 0.3 is 0 Å². The van der Waals surface area contributed by atoms with E-state index < -0.39 is 5.82 Å². The van der Waals surface area contributed by atoms with E-state index in [1.165, 1.54) is 36.4 Å². The minimum atomic E-state index is -0.403. The Bertz CT molecular complexity index is 1100. The molecule has 1 aliphatic rings. The van der Waals surface area contributed by atoms with Gasteiger partial charge in [0.15, 0.2) is 5.78 Å². The van der Waals surface area contributed by atoms with Crippen LogP contribution in [-0.4, -0.2) is 25.6 Å². The van der Waals surface area contributed by atoms with E-state index in [0.29, 0.717) is 23.4 Å². The van der Waals surface area contributed by atoms with Gasteiger partial charge in [-0.3, -0.25) is 9.59 Å². The maximum absolute atomic E-state index is 13.4. The quantitative estimate of drug-likeness (QED) is 0.368. The maximum Gasteiger partial charge on any atom is 0.233 e. The van der Waals surface area contributed by atoms with Crippen molar-refractivity contribution in [2.45, 2.75) is 18.9 Å². The average molecular weight is 451 g/mol. The molecule has 3 aromatic carbocycles. The predicted octanol–water partition coefficient (Wildman–Crippen LogP) is 5.16. The summed E-state index contributed by atoms with van der Waals surface area (Å²) < 4.78 is 31.7. The standard InChI is InChI=1S/C25H21F2NO3.CH2O/c1-31-21-12-4-17(5-13-21)24-22(14-15-23(29)16-2-6-18(26)7-3-16)25(30)28(24)20-10-8-19(27)9-11-20;1-2/h2-13,22,24H,14-15H2,1H3;1H2/t22-,24?;/m1./s1. The Labute approximate surface area is 190 Å². The van der Waals surface area contributed by atoms with Gasteiger partial charge in [0.2, 0.25) is 5.91 Å². The Hall–Kier alpha value is -3.87. The number of Topliss-reactive ketones (excluding diaryl/α,β-unsaturated/α-hetero) is 1. The van der Waals surface area contributed by atoms with E-state index >= 15 is 0 Å². The fraction of sp³-hybridized carbons (Fsp3) is 0.192. The smallest absolute Gasteiger partial charge is 0.233 e. The number of carbonyl (C=O) groups excluding carboxylic acids is 3. The van der Waals surface area contributed by atoms with E-state index in [4.69, 9.17) is 9.53 Å². The zero-order valence-corrected chi connectivity index (χ0v) is 18.0. The number of carbonyl (C=O) groups is 3. The first-order valence-electron chi connectivity index (χ1n) is 10.3. The van der Waals surface area contributed by atoms with Gasteiger partial charge in [0.05, 0.1) is 19.1 Å². The van der Waals surface area contributed by atoms with Crippen molar-refractivity contribution in [2.75, 3.05) is 12.0 Å². The van der Waals surface area contributed by atoms with Crippen LogP contribution in [0.4, 0.5) is 14.5 Å². The lowest BCUT2D eigenvalue weighted by molar-refractivity contribution is -0.130. The Morgan fingerprint density at radius 3 is 2.00 bits per heavy atom. The van der Waals surface area contributed by atoms with Crippen LogP contribution in [0, 0.1) is 17.6 Å². The Morgan fingerprint density at radius 2 is 1.45 bits per heavy atom. The van der Waals surface area contributed by atoms with Gasteiger partial charge in [0.25, 0.3) is 0 Å². The number of anilines is 1. The number of ketones is 1. The third kappa shape index (κ3) is 5.14. The van der Waals surface area contributed by atoms with Crippen molar-refractivity contribution in [2.24, 2.45) is 5.92 Å². The molecule has 5 nitrogen and oxygen atoms in total. The van der Waals surface area contributed by atoms with Gasteiger partial charge in [0.1, 0.15) is 24.2 Å². The van der Waals surface area contributed by atoms with Gasteiger partial charge in [-0.15, -0.1) is 0 Å². The molecule has 1 saturated heterocycles. The molecule has 0 saturated carbocycles. The average Bonchev–Trinajstić information content (AvgIpc) is 2.85. The lowest BCUT2D eigenvalue weighted by atomic mass is 9.78. The van der Waals surface area contributed by atoms with Crippen molar-refractivity contribution in [3.63, 3.8) is 0 Å². The second-order valence-electron chi connectivity index (χ2n) is 7.48. The van der Waals surface area contributed by atoms with Crippen LogP contribution in [0.25, 0.3) is 0 Å². The second-order valence-corrected chi connectivity index (χ2v) is 7.48. The topological polar surface area (TPSA) is 63.7 Å². The molecule has 1 unspecified atom stereocenters. The molecule has 170 valence electrons. The van der Waals surface area contributed by atoms with Gasteiger partial charge in [-0.05, 0) is 72.6 Å². The molecule has 33 heavy (non-hydrogen) atoms. The first-order valence-corrected chi connectivity index (χ1v) is 10.3. The van der Waals surface area contributed by atoms with Gasteiger partial charge in [-0.25, -0.2) is 8.78 Å². The van der Waals surface area contributed by atoms with Crippen LogP contribution in [0.5, 0.6) is 5.75 Å². The zero-order chi connectivity index (χ0) is 24.0. The maximum atomic E-state index is 13.4. The second kappa shape index (κ2) is 10.6. The number of β-lactam (4-membered cyclic amide) rings is 1. The molecule has 0 N–H and O–H groups in total. The third-order valence-corrected chi connectivity index (χ3v) is 5.62. The molecule has 3 aromatic rings. The lowest BCUT2D eigenvalue weighted by Gasteiger charge is -2.47. The first-order chi connectivity index (χ1) is 16.0. The molecular weight excluding hydrogens is 428 g/mol. The summed E-state index contributed by atoms with van der Waals surface area (Å²) in [5.74, 6) is -0.714. The summed E-state index contributed by atoms with van der Waals surface area (Å²) in [6.45, 7) is 2.00. The highest BCUT2D eigenvalue weighted by Gasteiger charge is 2.48. The minimum absolute atomic E-state index is 0.112. The number of halogens is 2. The molecule has 1 amide bonds. The van der Waals surface area contributed by atoms with Crippen LogP contribution in [0.3, 0.4) is 0 Å². The third-order valence-electron chi connectivity index (χ3n) is 5.62. The van der Waals surface area contributed by atoms with Crippen LogP contribution in [-0.2, 0) is 9.59 Å².